The second kappa shape index (κ2) is 13.8. The van der Waals surface area contributed by atoms with Crippen molar-refractivity contribution in [2.45, 2.75) is 19.4 Å². The molecular formula is C30H29Cl2FN6O2. The summed E-state index contributed by atoms with van der Waals surface area (Å²) in [6, 6.07) is 20.6. The number of hydrogen-bond donors (Lipinski definition) is 4. The van der Waals surface area contributed by atoms with Crippen molar-refractivity contribution < 1.29 is 14.0 Å². The molecule has 1 atom stereocenters. The first-order chi connectivity index (χ1) is 18.9. The summed E-state index contributed by atoms with van der Waals surface area (Å²) in [5.74, 6) is -0.379. The van der Waals surface area contributed by atoms with Crippen LogP contribution < -0.4 is 16.4 Å². The largest absolute Gasteiger partial charge is 0.346 e. The van der Waals surface area contributed by atoms with Gasteiger partial charge in [-0.2, -0.15) is 0 Å². The van der Waals surface area contributed by atoms with Crippen LogP contribution in [0.2, 0.25) is 0 Å². The number of imidazole rings is 1. The number of aromatic amines is 1. The van der Waals surface area contributed by atoms with Gasteiger partial charge in [-0.3, -0.25) is 14.6 Å². The molecule has 2 amide bonds. The van der Waals surface area contributed by atoms with Crippen molar-refractivity contribution in [1.82, 2.24) is 20.3 Å². The summed E-state index contributed by atoms with van der Waals surface area (Å²) in [5.41, 5.74) is 9.06. The smallest absolute Gasteiger partial charge is 0.251 e. The van der Waals surface area contributed by atoms with Gasteiger partial charge in [0, 0.05) is 41.4 Å². The number of halogens is 3. The Labute approximate surface area is 248 Å². The van der Waals surface area contributed by atoms with Crippen LogP contribution in [0.4, 0.5) is 10.1 Å². The summed E-state index contributed by atoms with van der Waals surface area (Å²) in [5, 5.41) is 7.81. The van der Waals surface area contributed by atoms with Gasteiger partial charge in [0.2, 0.25) is 5.91 Å². The number of amides is 2. The summed E-state index contributed by atoms with van der Waals surface area (Å²) in [6.45, 7) is 2.02. The summed E-state index contributed by atoms with van der Waals surface area (Å²) in [4.78, 5) is 37.8. The molecule has 2 heterocycles. The Balaban J connectivity index is 0.00000231. The van der Waals surface area contributed by atoms with Crippen LogP contribution in [0, 0.1) is 5.82 Å². The SMILES string of the molecule is C[C@@H](NC(=O)c1cc(NC(=O)CCN)cc(-c2cnc(-c3cc4ccccc4cn3)[nH]2)c1)c1ccc(F)cc1.Cl.Cl. The number of nitrogens with zero attached hydrogens (tertiary/aromatic N) is 2. The lowest BCUT2D eigenvalue weighted by atomic mass is 10.0. The normalized spacial score (nSPS) is 11.2. The van der Waals surface area contributed by atoms with Gasteiger partial charge < -0.3 is 21.4 Å². The molecule has 0 aliphatic rings. The monoisotopic (exact) mass is 594 g/mol. The number of rotatable bonds is 8. The van der Waals surface area contributed by atoms with Crippen molar-refractivity contribution in [3.05, 3.63) is 102 Å². The Bertz CT molecular complexity index is 1660. The minimum absolute atomic E-state index is 0. The van der Waals surface area contributed by atoms with Crippen molar-refractivity contribution in [3.8, 4) is 22.8 Å². The number of anilines is 1. The lowest BCUT2D eigenvalue weighted by Crippen LogP contribution is -2.27. The minimum atomic E-state index is -0.366. The van der Waals surface area contributed by atoms with Crippen LogP contribution in [0.25, 0.3) is 33.5 Å². The lowest BCUT2D eigenvalue weighted by molar-refractivity contribution is -0.116. The van der Waals surface area contributed by atoms with Crippen molar-refractivity contribution >= 4 is 53.1 Å². The second-order valence-electron chi connectivity index (χ2n) is 9.19. The fourth-order valence-corrected chi connectivity index (χ4v) is 4.27. The molecule has 5 N–H and O–H groups in total. The first-order valence-corrected chi connectivity index (χ1v) is 12.5. The topological polar surface area (TPSA) is 126 Å². The van der Waals surface area contributed by atoms with E-state index in [2.05, 4.69) is 25.6 Å². The zero-order valence-electron chi connectivity index (χ0n) is 22.1. The third-order valence-corrected chi connectivity index (χ3v) is 6.33. The molecule has 0 fully saturated rings. The molecule has 41 heavy (non-hydrogen) atoms. The Kier molecular flexibility index (Phi) is 10.5. The molecule has 8 nitrogen and oxygen atoms in total. The Morgan fingerprint density at radius 3 is 2.41 bits per heavy atom. The van der Waals surface area contributed by atoms with Crippen molar-refractivity contribution in [1.29, 1.82) is 0 Å². The van der Waals surface area contributed by atoms with E-state index < -0.39 is 0 Å². The van der Waals surface area contributed by atoms with Gasteiger partial charge in [0.25, 0.3) is 5.91 Å². The van der Waals surface area contributed by atoms with E-state index in [-0.39, 0.29) is 61.5 Å². The maximum atomic E-state index is 13.3. The fraction of sp³-hybridized carbons (Fsp3) is 0.133. The maximum absolute atomic E-state index is 13.3. The summed E-state index contributed by atoms with van der Waals surface area (Å²) >= 11 is 0. The number of hydrogen-bond acceptors (Lipinski definition) is 5. The van der Waals surface area contributed by atoms with Crippen LogP contribution >= 0.6 is 24.8 Å². The number of carbonyl (C=O) groups excluding carboxylic acids is 2. The maximum Gasteiger partial charge on any atom is 0.251 e. The zero-order valence-corrected chi connectivity index (χ0v) is 23.7. The average Bonchev–Trinajstić information content (AvgIpc) is 3.43. The van der Waals surface area contributed by atoms with Crippen LogP contribution in [0.5, 0.6) is 0 Å². The number of aromatic nitrogens is 3. The number of nitrogens with two attached hydrogens (primary N) is 1. The Morgan fingerprint density at radius 1 is 0.951 bits per heavy atom. The van der Waals surface area contributed by atoms with Crippen LogP contribution in [-0.2, 0) is 4.79 Å². The van der Waals surface area contributed by atoms with Crippen LogP contribution in [0.15, 0.2) is 85.2 Å². The van der Waals surface area contributed by atoms with E-state index >= 15 is 0 Å². The van der Waals surface area contributed by atoms with E-state index in [0.29, 0.717) is 34.0 Å². The van der Waals surface area contributed by atoms with Crippen molar-refractivity contribution in [2.24, 2.45) is 5.73 Å². The van der Waals surface area contributed by atoms with Gasteiger partial charge in [0.05, 0.1) is 17.9 Å². The first-order valence-electron chi connectivity index (χ1n) is 12.5. The van der Waals surface area contributed by atoms with E-state index in [4.69, 9.17) is 5.73 Å². The highest BCUT2D eigenvalue weighted by Crippen LogP contribution is 2.27. The molecule has 0 aliphatic heterocycles. The zero-order chi connectivity index (χ0) is 27.4. The highest BCUT2D eigenvalue weighted by Gasteiger charge is 2.16. The molecule has 0 saturated heterocycles. The molecule has 0 unspecified atom stereocenters. The van der Waals surface area contributed by atoms with Gasteiger partial charge in [0.1, 0.15) is 11.5 Å². The Hall–Kier alpha value is -4.31. The van der Waals surface area contributed by atoms with Crippen molar-refractivity contribution in [2.75, 3.05) is 11.9 Å². The molecular weight excluding hydrogens is 566 g/mol. The summed E-state index contributed by atoms with van der Waals surface area (Å²) in [6.07, 6.45) is 3.61. The molecule has 3 aromatic carbocycles. The predicted molar refractivity (Wildman–Crippen MR) is 164 cm³/mol. The molecule has 11 heteroatoms. The summed E-state index contributed by atoms with van der Waals surface area (Å²) in [7, 11) is 0. The number of H-pyrrole nitrogens is 1. The second-order valence-corrected chi connectivity index (χ2v) is 9.19. The molecule has 0 radical (unpaired) electrons. The number of fused-ring (bicyclic) bond motifs is 1. The van der Waals surface area contributed by atoms with Gasteiger partial charge >= 0.3 is 0 Å². The number of nitrogens with one attached hydrogen (secondary N) is 3. The quantitative estimate of drug-likeness (QED) is 0.174. The van der Waals surface area contributed by atoms with Gasteiger partial charge in [0.15, 0.2) is 5.82 Å². The average molecular weight is 596 g/mol. The number of benzene rings is 3. The van der Waals surface area contributed by atoms with Gasteiger partial charge in [-0.25, -0.2) is 9.37 Å². The summed E-state index contributed by atoms with van der Waals surface area (Å²) < 4.78 is 13.3. The van der Waals surface area contributed by atoms with Gasteiger partial charge in [-0.15, -0.1) is 24.8 Å². The number of pyridine rings is 1. The minimum Gasteiger partial charge on any atom is -0.346 e. The third-order valence-electron chi connectivity index (χ3n) is 6.33. The predicted octanol–water partition coefficient (Wildman–Crippen LogP) is 6.05. The molecule has 2 aromatic heterocycles. The fourth-order valence-electron chi connectivity index (χ4n) is 4.27. The highest BCUT2D eigenvalue weighted by atomic mass is 35.5. The number of carbonyl (C=O) groups is 2. The van der Waals surface area contributed by atoms with E-state index in [1.807, 2.05) is 37.3 Å². The lowest BCUT2D eigenvalue weighted by Gasteiger charge is -2.16. The molecule has 0 bridgehead atoms. The van der Waals surface area contributed by atoms with Crippen LogP contribution in [0.1, 0.15) is 35.3 Å². The van der Waals surface area contributed by atoms with Crippen LogP contribution in [0.3, 0.4) is 0 Å². The van der Waals surface area contributed by atoms with E-state index in [9.17, 15) is 14.0 Å². The molecule has 0 saturated carbocycles. The molecule has 5 aromatic rings. The van der Waals surface area contributed by atoms with E-state index in [0.717, 1.165) is 16.3 Å². The van der Waals surface area contributed by atoms with E-state index in [1.54, 1.807) is 42.7 Å². The Morgan fingerprint density at radius 2 is 1.68 bits per heavy atom. The van der Waals surface area contributed by atoms with Crippen molar-refractivity contribution in [3.63, 3.8) is 0 Å². The highest BCUT2D eigenvalue weighted by molar-refractivity contribution is 5.99. The first kappa shape index (κ1) is 31.2. The molecule has 212 valence electrons. The molecule has 5 rings (SSSR count). The third kappa shape index (κ3) is 7.46. The van der Waals surface area contributed by atoms with E-state index in [1.165, 1.54) is 12.1 Å². The van der Waals surface area contributed by atoms with Crippen LogP contribution in [-0.4, -0.2) is 33.3 Å². The molecule has 0 aliphatic carbocycles. The van der Waals surface area contributed by atoms with Gasteiger partial charge in [-0.1, -0.05) is 36.4 Å². The van der Waals surface area contributed by atoms with Gasteiger partial charge in [-0.05, 0) is 54.3 Å². The molecule has 0 spiro atoms. The standard InChI is InChI=1S/C30H27FN6O2.2ClH/c1-18(19-6-8-24(31)9-7-19)35-30(39)23-12-22(13-25(14-23)36-28(38)10-11-32)27-17-34-29(37-27)26-15-20-4-2-3-5-21(20)16-33-26;;/h2-9,12-18H,10-11,32H2,1H3,(H,34,37)(H,35,39)(H,36,38);2*1H/t18-;;/m1../s1.